The van der Waals surface area contributed by atoms with Gasteiger partial charge in [0.15, 0.2) is 0 Å². The summed E-state index contributed by atoms with van der Waals surface area (Å²) in [6.07, 6.45) is -13.8. The average Bonchev–Trinajstić information content (AvgIpc) is 3.11. The van der Waals surface area contributed by atoms with Crippen LogP contribution in [0.5, 0.6) is 23.0 Å². The zero-order chi connectivity index (χ0) is 47.8. The van der Waals surface area contributed by atoms with Crippen molar-refractivity contribution in [3.63, 3.8) is 0 Å². The van der Waals surface area contributed by atoms with Gasteiger partial charge in [0.2, 0.25) is 0 Å². The number of hydrogen-bond donors (Lipinski definition) is 0. The first-order valence-corrected chi connectivity index (χ1v) is 19.2. The van der Waals surface area contributed by atoms with E-state index in [4.69, 9.17) is 9.47 Å². The van der Waals surface area contributed by atoms with Crippen LogP contribution in [0.2, 0.25) is 0 Å². The fourth-order valence-corrected chi connectivity index (χ4v) is 6.40. The summed E-state index contributed by atoms with van der Waals surface area (Å²) in [5, 5.41) is 0. The van der Waals surface area contributed by atoms with E-state index in [1.54, 1.807) is 0 Å². The Bertz CT molecular complexity index is 1960. The van der Waals surface area contributed by atoms with Crippen molar-refractivity contribution < 1.29 is 98.0 Å². The Labute approximate surface area is 353 Å². The van der Waals surface area contributed by atoms with Gasteiger partial charge < -0.3 is 18.9 Å². The van der Waals surface area contributed by atoms with Crippen molar-refractivity contribution in [1.29, 1.82) is 0 Å². The Balaban J connectivity index is 1.10. The second-order valence-corrected chi connectivity index (χ2v) is 14.5. The van der Waals surface area contributed by atoms with Gasteiger partial charge in [-0.25, -0.2) is 35.1 Å². The molecule has 0 saturated carbocycles. The standard InChI is InChI=1S/C42H36F18O4/c1-22(10-6-2-4-8-12-61-23-14-31(47)37(32(48)15-23)41(57,58)63-25-18-27(43)35(28(44)19-25)39(51,52)53)11-7-3-5-9-13-62-24-16-33(49)38(34(50)17-24)42(59,60)64-26-20-29(45)36(30(46)21-26)40(54,55)56/h14-22H,2-13H2,1H3. The largest absolute Gasteiger partial charge is 0.493 e. The lowest BCUT2D eigenvalue weighted by Crippen LogP contribution is -2.25. The van der Waals surface area contributed by atoms with Crippen LogP contribution in [0.3, 0.4) is 0 Å². The summed E-state index contributed by atoms with van der Waals surface area (Å²) in [6.45, 7) is 1.95. The smallest absolute Gasteiger partial charge is 0.432 e. The lowest BCUT2D eigenvalue weighted by molar-refractivity contribution is -0.190. The van der Waals surface area contributed by atoms with Crippen molar-refractivity contribution in [3.05, 3.63) is 117 Å². The summed E-state index contributed by atoms with van der Waals surface area (Å²) in [7, 11) is 0. The minimum atomic E-state index is -5.50. The maximum absolute atomic E-state index is 14.6. The first-order valence-electron chi connectivity index (χ1n) is 19.2. The van der Waals surface area contributed by atoms with Crippen molar-refractivity contribution in [1.82, 2.24) is 0 Å². The summed E-state index contributed by atoms with van der Waals surface area (Å²) < 4.78 is 267. The van der Waals surface area contributed by atoms with Gasteiger partial charge in [-0.05, 0) is 18.8 Å². The summed E-state index contributed by atoms with van der Waals surface area (Å²) in [4.78, 5) is 0. The van der Waals surface area contributed by atoms with Gasteiger partial charge in [-0.1, -0.05) is 58.3 Å². The molecule has 0 amide bonds. The second-order valence-electron chi connectivity index (χ2n) is 14.5. The van der Waals surface area contributed by atoms with Crippen molar-refractivity contribution >= 4 is 0 Å². The van der Waals surface area contributed by atoms with E-state index < -0.39 is 116 Å². The van der Waals surface area contributed by atoms with Gasteiger partial charge in [-0.2, -0.15) is 43.9 Å². The van der Waals surface area contributed by atoms with E-state index in [2.05, 4.69) is 9.47 Å². The molecule has 0 aliphatic carbocycles. The summed E-state index contributed by atoms with van der Waals surface area (Å²) in [6, 6.07) is 0.846. The van der Waals surface area contributed by atoms with Crippen LogP contribution in [0.4, 0.5) is 79.0 Å². The SMILES string of the molecule is CC(CCCCCCOc1cc(F)c(C(F)(F)Oc2cc(F)c(C(F)(F)F)c(F)c2)c(F)c1)CCCCCCOc1cc(F)c(C(F)(F)Oc2cc(F)c(C(F)(F)F)c(F)c2)c(F)c1. The zero-order valence-electron chi connectivity index (χ0n) is 33.1. The van der Waals surface area contributed by atoms with Gasteiger partial charge >= 0.3 is 24.6 Å². The first kappa shape index (κ1) is 51.5. The molecule has 0 heterocycles. The number of alkyl halides is 10. The summed E-state index contributed by atoms with van der Waals surface area (Å²) in [5.74, 6) is -20.1. The van der Waals surface area contributed by atoms with Crippen LogP contribution in [0.25, 0.3) is 0 Å². The second kappa shape index (κ2) is 21.2. The van der Waals surface area contributed by atoms with Crippen LogP contribution in [-0.4, -0.2) is 13.2 Å². The molecule has 0 unspecified atom stereocenters. The molecule has 0 atom stereocenters. The molecule has 0 aromatic heterocycles. The fraction of sp³-hybridized carbons (Fsp3) is 0.429. The van der Waals surface area contributed by atoms with Crippen molar-refractivity contribution in [2.45, 2.75) is 95.7 Å². The molecule has 0 aliphatic rings. The molecular formula is C42H36F18O4. The maximum Gasteiger partial charge on any atom is 0.432 e. The molecule has 0 N–H and O–H groups in total. The third-order valence-corrected chi connectivity index (χ3v) is 9.42. The van der Waals surface area contributed by atoms with Crippen LogP contribution in [0, 0.1) is 52.5 Å². The van der Waals surface area contributed by atoms with E-state index in [0.29, 0.717) is 55.9 Å². The fourth-order valence-electron chi connectivity index (χ4n) is 6.40. The Morgan fingerprint density at radius 1 is 0.359 bits per heavy atom. The van der Waals surface area contributed by atoms with E-state index in [-0.39, 0.29) is 37.5 Å². The van der Waals surface area contributed by atoms with Crippen LogP contribution < -0.4 is 18.9 Å². The van der Waals surface area contributed by atoms with E-state index in [9.17, 15) is 79.0 Å². The zero-order valence-corrected chi connectivity index (χ0v) is 33.1. The minimum absolute atomic E-state index is 0.0459. The van der Waals surface area contributed by atoms with Crippen LogP contribution in [-0.2, 0) is 24.6 Å². The molecule has 4 nitrogen and oxygen atoms in total. The highest BCUT2D eigenvalue weighted by atomic mass is 19.4. The molecule has 4 aromatic rings. The predicted molar refractivity (Wildman–Crippen MR) is 191 cm³/mol. The monoisotopic (exact) mass is 946 g/mol. The number of unbranched alkanes of at least 4 members (excludes halogenated alkanes) is 6. The number of ether oxygens (including phenoxy) is 4. The van der Waals surface area contributed by atoms with Gasteiger partial charge in [0.1, 0.15) is 91.8 Å². The molecule has 0 saturated heterocycles. The van der Waals surface area contributed by atoms with Crippen molar-refractivity contribution in [2.24, 2.45) is 5.92 Å². The van der Waals surface area contributed by atoms with Gasteiger partial charge in [0.05, 0.1) is 13.2 Å². The van der Waals surface area contributed by atoms with Crippen molar-refractivity contribution in [2.75, 3.05) is 13.2 Å². The number of rotatable bonds is 22. The minimum Gasteiger partial charge on any atom is -0.493 e. The Morgan fingerprint density at radius 2 is 0.609 bits per heavy atom. The predicted octanol–water partition coefficient (Wildman–Crippen LogP) is 15.1. The highest BCUT2D eigenvalue weighted by molar-refractivity contribution is 5.37. The molecule has 0 spiro atoms. The summed E-state index contributed by atoms with van der Waals surface area (Å²) in [5.41, 5.74) is -8.70. The number of halogens is 18. The molecule has 0 radical (unpaired) electrons. The van der Waals surface area contributed by atoms with Gasteiger partial charge in [0.25, 0.3) is 0 Å². The molecule has 4 aromatic carbocycles. The molecular weight excluding hydrogens is 910 g/mol. The first-order chi connectivity index (χ1) is 29.7. The highest BCUT2D eigenvalue weighted by Crippen LogP contribution is 2.42. The lowest BCUT2D eigenvalue weighted by Gasteiger charge is -2.20. The molecule has 22 heteroatoms. The molecule has 0 aliphatic heterocycles. The third kappa shape index (κ3) is 13.9. The Hall–Kier alpha value is -5.18. The van der Waals surface area contributed by atoms with Crippen LogP contribution >= 0.6 is 0 Å². The molecule has 64 heavy (non-hydrogen) atoms. The van der Waals surface area contributed by atoms with Gasteiger partial charge in [-0.3, -0.25) is 0 Å². The van der Waals surface area contributed by atoms with E-state index >= 15 is 0 Å². The maximum atomic E-state index is 14.6. The van der Waals surface area contributed by atoms with Crippen molar-refractivity contribution in [3.8, 4) is 23.0 Å². The third-order valence-electron chi connectivity index (χ3n) is 9.42. The summed E-state index contributed by atoms with van der Waals surface area (Å²) >= 11 is 0. The molecule has 0 bridgehead atoms. The van der Waals surface area contributed by atoms with E-state index in [1.165, 1.54) is 0 Å². The molecule has 354 valence electrons. The average molecular weight is 947 g/mol. The highest BCUT2D eigenvalue weighted by Gasteiger charge is 2.45. The lowest BCUT2D eigenvalue weighted by atomic mass is 9.96. The Morgan fingerprint density at radius 3 is 0.891 bits per heavy atom. The van der Waals surface area contributed by atoms with Crippen LogP contribution in [0.15, 0.2) is 48.5 Å². The van der Waals surface area contributed by atoms with E-state index in [1.807, 2.05) is 6.92 Å². The van der Waals surface area contributed by atoms with Gasteiger partial charge in [-0.15, -0.1) is 0 Å². The normalized spacial score (nSPS) is 12.6. The molecule has 4 rings (SSSR count). The quantitative estimate of drug-likeness (QED) is 0.0581. The van der Waals surface area contributed by atoms with Crippen LogP contribution in [0.1, 0.15) is 93.4 Å². The Kier molecular flexibility index (Phi) is 17.1. The van der Waals surface area contributed by atoms with Gasteiger partial charge in [0, 0.05) is 48.5 Å². The molecule has 0 fully saturated rings. The number of hydrogen-bond acceptors (Lipinski definition) is 4. The number of benzene rings is 4. The topological polar surface area (TPSA) is 36.9 Å². The van der Waals surface area contributed by atoms with E-state index in [0.717, 1.165) is 38.5 Å².